The molecule has 0 aliphatic rings. The van der Waals surface area contributed by atoms with Gasteiger partial charge >= 0.3 is 0 Å². The van der Waals surface area contributed by atoms with Gasteiger partial charge in [-0.3, -0.25) is 4.79 Å². The van der Waals surface area contributed by atoms with Crippen molar-refractivity contribution in [1.82, 2.24) is 0 Å². The third-order valence-electron chi connectivity index (χ3n) is 2.88. The molecule has 0 aromatic heterocycles. The maximum Gasteiger partial charge on any atom is 0.189 e. The monoisotopic (exact) mass is 286 g/mol. The maximum absolute atomic E-state index is 12.0. The topological polar surface area (TPSA) is 87.0 Å². The lowest BCUT2D eigenvalue weighted by molar-refractivity contribution is 0.104. The van der Waals surface area contributed by atoms with Crippen LogP contribution < -0.4 is 4.74 Å². The number of allylic oxidation sites excluding steroid dienone is 1. The van der Waals surface area contributed by atoms with Gasteiger partial charge in [0.15, 0.2) is 5.78 Å². The van der Waals surface area contributed by atoms with Gasteiger partial charge in [0.05, 0.1) is 12.7 Å². The summed E-state index contributed by atoms with van der Waals surface area (Å²) >= 11 is 0. The van der Waals surface area contributed by atoms with Crippen LogP contribution in [0.15, 0.2) is 42.5 Å². The van der Waals surface area contributed by atoms with E-state index in [0.29, 0.717) is 11.3 Å². The predicted octanol–water partition coefficient (Wildman–Crippen LogP) is 2.71. The summed E-state index contributed by atoms with van der Waals surface area (Å²) < 4.78 is 5.10. The van der Waals surface area contributed by atoms with Crippen LogP contribution in [0.5, 0.6) is 23.0 Å². The van der Waals surface area contributed by atoms with Crippen LogP contribution >= 0.6 is 0 Å². The van der Waals surface area contributed by atoms with Gasteiger partial charge in [-0.15, -0.1) is 0 Å². The SMILES string of the molecule is COc1cc(O)ccc1/C=C/C(=O)c1ccc(O)cc1O. The normalized spacial score (nSPS) is 10.7. The van der Waals surface area contributed by atoms with Gasteiger partial charge in [-0.1, -0.05) is 0 Å². The fourth-order valence-corrected chi connectivity index (χ4v) is 1.82. The molecule has 0 radical (unpaired) electrons. The number of phenolic OH excluding ortho intramolecular Hbond substituents is 3. The summed E-state index contributed by atoms with van der Waals surface area (Å²) in [6.07, 6.45) is 2.80. The van der Waals surface area contributed by atoms with Gasteiger partial charge in [-0.25, -0.2) is 0 Å². The largest absolute Gasteiger partial charge is 0.508 e. The molecule has 21 heavy (non-hydrogen) atoms. The molecule has 0 heterocycles. The zero-order chi connectivity index (χ0) is 15.4. The fraction of sp³-hybridized carbons (Fsp3) is 0.0625. The van der Waals surface area contributed by atoms with E-state index in [1.165, 1.54) is 43.5 Å². The van der Waals surface area contributed by atoms with Crippen LogP contribution in [0, 0.1) is 0 Å². The molecule has 0 bridgehead atoms. The molecular weight excluding hydrogens is 272 g/mol. The van der Waals surface area contributed by atoms with Gasteiger partial charge in [0, 0.05) is 17.7 Å². The Morgan fingerprint density at radius 2 is 1.71 bits per heavy atom. The van der Waals surface area contributed by atoms with Crippen molar-refractivity contribution >= 4 is 11.9 Å². The number of aromatic hydroxyl groups is 3. The molecular formula is C16H14O5. The molecule has 0 aliphatic carbocycles. The van der Waals surface area contributed by atoms with Crippen LogP contribution in [0.3, 0.4) is 0 Å². The van der Waals surface area contributed by atoms with Crippen molar-refractivity contribution in [2.75, 3.05) is 7.11 Å². The molecule has 0 saturated heterocycles. The predicted molar refractivity (Wildman–Crippen MR) is 77.8 cm³/mol. The third-order valence-corrected chi connectivity index (χ3v) is 2.88. The second-order valence-corrected chi connectivity index (χ2v) is 4.33. The number of carbonyl (C=O) groups is 1. The van der Waals surface area contributed by atoms with Crippen molar-refractivity contribution < 1.29 is 24.9 Å². The van der Waals surface area contributed by atoms with Crippen molar-refractivity contribution in [3.8, 4) is 23.0 Å². The highest BCUT2D eigenvalue weighted by Crippen LogP contribution is 2.26. The van der Waals surface area contributed by atoms with Crippen LogP contribution in [0.4, 0.5) is 0 Å². The molecule has 2 rings (SSSR count). The first-order chi connectivity index (χ1) is 10.0. The van der Waals surface area contributed by atoms with E-state index in [-0.39, 0.29) is 22.8 Å². The molecule has 0 spiro atoms. The van der Waals surface area contributed by atoms with Gasteiger partial charge in [-0.05, 0) is 36.4 Å². The van der Waals surface area contributed by atoms with Crippen LogP contribution in [0.25, 0.3) is 6.08 Å². The van der Waals surface area contributed by atoms with Gasteiger partial charge in [-0.2, -0.15) is 0 Å². The number of ketones is 1. The quantitative estimate of drug-likeness (QED) is 0.594. The van der Waals surface area contributed by atoms with E-state index in [1.807, 2.05) is 0 Å². The van der Waals surface area contributed by atoms with Gasteiger partial charge < -0.3 is 20.1 Å². The summed E-state index contributed by atoms with van der Waals surface area (Å²) in [5.41, 5.74) is 0.698. The molecule has 0 amide bonds. The lowest BCUT2D eigenvalue weighted by Gasteiger charge is -2.05. The van der Waals surface area contributed by atoms with Crippen LogP contribution in [-0.4, -0.2) is 28.2 Å². The molecule has 0 atom stereocenters. The minimum atomic E-state index is -0.414. The number of phenols is 3. The molecule has 0 unspecified atom stereocenters. The Morgan fingerprint density at radius 3 is 2.38 bits per heavy atom. The highest BCUT2D eigenvalue weighted by Gasteiger charge is 2.09. The number of hydrogen-bond donors (Lipinski definition) is 3. The first kappa shape index (κ1) is 14.5. The van der Waals surface area contributed by atoms with E-state index in [0.717, 1.165) is 6.07 Å². The number of rotatable bonds is 4. The zero-order valence-electron chi connectivity index (χ0n) is 11.3. The highest BCUT2D eigenvalue weighted by atomic mass is 16.5. The number of ether oxygens (including phenoxy) is 1. The van der Waals surface area contributed by atoms with E-state index in [2.05, 4.69) is 0 Å². The second-order valence-electron chi connectivity index (χ2n) is 4.33. The van der Waals surface area contributed by atoms with Crippen molar-refractivity contribution in [3.63, 3.8) is 0 Å². The summed E-state index contributed by atoms with van der Waals surface area (Å²) in [5, 5.41) is 28.2. The Morgan fingerprint density at radius 1 is 1.05 bits per heavy atom. The summed E-state index contributed by atoms with van der Waals surface area (Å²) in [5.74, 6) is -0.335. The van der Waals surface area contributed by atoms with Crippen molar-refractivity contribution in [2.45, 2.75) is 0 Å². The number of hydrogen-bond acceptors (Lipinski definition) is 5. The lowest BCUT2D eigenvalue weighted by atomic mass is 10.1. The smallest absolute Gasteiger partial charge is 0.189 e. The third kappa shape index (κ3) is 3.33. The van der Waals surface area contributed by atoms with E-state index in [4.69, 9.17) is 4.74 Å². The summed E-state index contributed by atoms with van der Waals surface area (Å²) in [7, 11) is 1.46. The Balaban J connectivity index is 2.27. The fourth-order valence-electron chi connectivity index (χ4n) is 1.82. The minimum absolute atomic E-state index is 0.0616. The molecule has 5 nitrogen and oxygen atoms in total. The van der Waals surface area contributed by atoms with E-state index >= 15 is 0 Å². The molecule has 0 saturated carbocycles. The molecule has 3 N–H and O–H groups in total. The van der Waals surface area contributed by atoms with E-state index < -0.39 is 5.78 Å². The molecule has 2 aromatic carbocycles. The van der Waals surface area contributed by atoms with Crippen LogP contribution in [-0.2, 0) is 0 Å². The Kier molecular flexibility index (Phi) is 4.13. The van der Waals surface area contributed by atoms with Crippen molar-refractivity contribution in [3.05, 3.63) is 53.6 Å². The van der Waals surface area contributed by atoms with Crippen LogP contribution in [0.1, 0.15) is 15.9 Å². The molecule has 0 aliphatic heterocycles. The first-order valence-corrected chi connectivity index (χ1v) is 6.12. The van der Waals surface area contributed by atoms with Crippen LogP contribution in [0.2, 0.25) is 0 Å². The first-order valence-electron chi connectivity index (χ1n) is 6.12. The molecule has 108 valence electrons. The Hall–Kier alpha value is -2.95. The van der Waals surface area contributed by atoms with E-state index in [9.17, 15) is 20.1 Å². The average Bonchev–Trinajstić information content (AvgIpc) is 2.45. The van der Waals surface area contributed by atoms with Crippen molar-refractivity contribution in [1.29, 1.82) is 0 Å². The molecule has 2 aromatic rings. The summed E-state index contributed by atoms with van der Waals surface area (Å²) in [6.45, 7) is 0. The van der Waals surface area contributed by atoms with Gasteiger partial charge in [0.25, 0.3) is 0 Å². The second kappa shape index (κ2) is 6.00. The van der Waals surface area contributed by atoms with E-state index in [1.54, 1.807) is 6.07 Å². The lowest BCUT2D eigenvalue weighted by Crippen LogP contribution is -1.95. The molecule has 0 fully saturated rings. The minimum Gasteiger partial charge on any atom is -0.508 e. The average molecular weight is 286 g/mol. The van der Waals surface area contributed by atoms with Gasteiger partial charge in [0.2, 0.25) is 0 Å². The standard InChI is InChI=1S/C16H14O5/c1-21-16-9-12(18)4-2-10(16)3-7-14(19)13-6-5-11(17)8-15(13)20/h2-9,17-18,20H,1H3/b7-3+. The Bertz CT molecular complexity index is 704. The highest BCUT2D eigenvalue weighted by molar-refractivity contribution is 6.08. The Labute approximate surface area is 121 Å². The number of carbonyl (C=O) groups excluding carboxylic acids is 1. The zero-order valence-corrected chi connectivity index (χ0v) is 11.3. The summed E-state index contributed by atoms with van der Waals surface area (Å²) in [6, 6.07) is 8.27. The van der Waals surface area contributed by atoms with Crippen molar-refractivity contribution in [2.24, 2.45) is 0 Å². The molecule has 5 heteroatoms. The number of methoxy groups -OCH3 is 1. The summed E-state index contributed by atoms with van der Waals surface area (Å²) in [4.78, 5) is 12.0. The number of benzene rings is 2. The maximum atomic E-state index is 12.0. The van der Waals surface area contributed by atoms with Gasteiger partial charge in [0.1, 0.15) is 23.0 Å².